The van der Waals surface area contributed by atoms with E-state index in [0.29, 0.717) is 0 Å². The number of amides is 2. The maximum Gasteiger partial charge on any atom is 0.416 e. The van der Waals surface area contributed by atoms with Crippen LogP contribution < -0.4 is 0 Å². The first-order valence-electron chi connectivity index (χ1n) is 7.14. The van der Waals surface area contributed by atoms with Crippen LogP contribution in [-0.2, 0) is 9.53 Å². The average Bonchev–Trinajstić information content (AvgIpc) is 2.81. The molecule has 0 unspecified atom stereocenters. The summed E-state index contributed by atoms with van der Waals surface area (Å²) in [6.45, 7) is 6.05. The summed E-state index contributed by atoms with van der Waals surface area (Å²) < 4.78 is 17.9. The molecule has 1 aliphatic rings. The molecule has 1 aromatic carbocycles. The summed E-state index contributed by atoms with van der Waals surface area (Å²) in [7, 11) is 0. The molecular weight excluding hydrogens is 273 g/mol. The van der Waals surface area contributed by atoms with Gasteiger partial charge in [-0.25, -0.2) is 14.1 Å². The number of halogens is 1. The predicted octanol–water partition coefficient (Wildman–Crippen LogP) is 3.32. The van der Waals surface area contributed by atoms with Gasteiger partial charge in [0.05, 0.1) is 6.04 Å². The molecule has 0 aliphatic carbocycles. The molecule has 2 amide bonds. The van der Waals surface area contributed by atoms with Crippen LogP contribution in [0.1, 0.15) is 38.7 Å². The van der Waals surface area contributed by atoms with Gasteiger partial charge in [0.15, 0.2) is 0 Å². The lowest BCUT2D eigenvalue weighted by atomic mass is 9.96. The van der Waals surface area contributed by atoms with E-state index >= 15 is 0 Å². The SMILES string of the molecule is CC(C)[C@H]1COC(=O)N1C(=O)C[C@@H](C)c1ccc(F)cc1. The highest BCUT2D eigenvalue weighted by molar-refractivity contribution is 5.93. The van der Waals surface area contributed by atoms with Crippen LogP contribution in [0, 0.1) is 11.7 Å². The van der Waals surface area contributed by atoms with Crippen molar-refractivity contribution in [3.63, 3.8) is 0 Å². The Morgan fingerprint density at radius 3 is 2.52 bits per heavy atom. The van der Waals surface area contributed by atoms with Crippen LogP contribution in [0.5, 0.6) is 0 Å². The Bertz CT molecular complexity index is 527. The number of carbonyl (C=O) groups is 2. The highest BCUT2D eigenvalue weighted by Crippen LogP contribution is 2.25. The van der Waals surface area contributed by atoms with Crippen LogP contribution in [-0.4, -0.2) is 29.5 Å². The molecule has 2 rings (SSSR count). The summed E-state index contributed by atoms with van der Waals surface area (Å²) >= 11 is 0. The second kappa shape index (κ2) is 6.24. The quantitative estimate of drug-likeness (QED) is 0.855. The van der Waals surface area contributed by atoms with E-state index in [1.165, 1.54) is 17.0 Å². The van der Waals surface area contributed by atoms with E-state index < -0.39 is 6.09 Å². The molecule has 5 heteroatoms. The number of hydrogen-bond acceptors (Lipinski definition) is 3. The molecule has 0 bridgehead atoms. The van der Waals surface area contributed by atoms with Gasteiger partial charge in [-0.2, -0.15) is 0 Å². The normalized spacial score (nSPS) is 19.8. The van der Waals surface area contributed by atoms with Gasteiger partial charge < -0.3 is 4.74 Å². The number of rotatable bonds is 4. The lowest BCUT2D eigenvalue weighted by Crippen LogP contribution is -2.42. The Kier molecular flexibility index (Phi) is 4.60. The van der Waals surface area contributed by atoms with Gasteiger partial charge in [0.2, 0.25) is 5.91 Å². The van der Waals surface area contributed by atoms with Crippen molar-refractivity contribution >= 4 is 12.0 Å². The molecule has 0 radical (unpaired) electrons. The Balaban J connectivity index is 2.06. The summed E-state index contributed by atoms with van der Waals surface area (Å²) in [5, 5.41) is 0. The van der Waals surface area contributed by atoms with E-state index in [4.69, 9.17) is 4.74 Å². The van der Waals surface area contributed by atoms with E-state index in [1.54, 1.807) is 12.1 Å². The largest absolute Gasteiger partial charge is 0.447 e. The molecule has 1 aromatic rings. The number of hydrogen-bond donors (Lipinski definition) is 0. The number of carbonyl (C=O) groups excluding carboxylic acids is 2. The molecule has 0 saturated carbocycles. The highest BCUT2D eigenvalue weighted by atomic mass is 19.1. The zero-order chi connectivity index (χ0) is 15.6. The van der Waals surface area contributed by atoms with E-state index in [0.717, 1.165) is 5.56 Å². The van der Waals surface area contributed by atoms with Crippen LogP contribution in [0.3, 0.4) is 0 Å². The minimum Gasteiger partial charge on any atom is -0.447 e. The van der Waals surface area contributed by atoms with Crippen molar-refractivity contribution in [2.45, 2.75) is 39.2 Å². The fourth-order valence-electron chi connectivity index (χ4n) is 2.48. The maximum atomic E-state index is 12.9. The van der Waals surface area contributed by atoms with E-state index in [9.17, 15) is 14.0 Å². The smallest absolute Gasteiger partial charge is 0.416 e. The molecule has 1 fully saturated rings. The zero-order valence-electron chi connectivity index (χ0n) is 12.5. The van der Waals surface area contributed by atoms with Gasteiger partial charge in [0.25, 0.3) is 0 Å². The summed E-state index contributed by atoms with van der Waals surface area (Å²) in [4.78, 5) is 25.3. The fraction of sp³-hybridized carbons (Fsp3) is 0.500. The minimum absolute atomic E-state index is 0.0840. The second-order valence-electron chi connectivity index (χ2n) is 5.81. The van der Waals surface area contributed by atoms with Crippen molar-refractivity contribution in [2.24, 2.45) is 5.92 Å². The van der Waals surface area contributed by atoms with E-state index in [1.807, 2.05) is 20.8 Å². The molecule has 1 heterocycles. The number of ether oxygens (including phenoxy) is 1. The third-order valence-corrected chi connectivity index (χ3v) is 3.86. The van der Waals surface area contributed by atoms with Gasteiger partial charge in [-0.1, -0.05) is 32.9 Å². The topological polar surface area (TPSA) is 46.6 Å². The Morgan fingerprint density at radius 2 is 1.95 bits per heavy atom. The molecule has 0 N–H and O–H groups in total. The van der Waals surface area contributed by atoms with Crippen molar-refractivity contribution in [1.29, 1.82) is 0 Å². The van der Waals surface area contributed by atoms with E-state index in [2.05, 4.69) is 0 Å². The third kappa shape index (κ3) is 3.40. The zero-order valence-corrected chi connectivity index (χ0v) is 12.5. The van der Waals surface area contributed by atoms with Crippen LogP contribution >= 0.6 is 0 Å². The number of nitrogens with zero attached hydrogens (tertiary/aromatic N) is 1. The van der Waals surface area contributed by atoms with Crippen LogP contribution in [0.25, 0.3) is 0 Å². The number of cyclic esters (lactones) is 1. The monoisotopic (exact) mass is 293 g/mol. The van der Waals surface area contributed by atoms with Gasteiger partial charge in [-0.3, -0.25) is 4.79 Å². The maximum absolute atomic E-state index is 12.9. The van der Waals surface area contributed by atoms with Gasteiger partial charge >= 0.3 is 6.09 Å². The van der Waals surface area contributed by atoms with Crippen molar-refractivity contribution in [3.05, 3.63) is 35.6 Å². The Morgan fingerprint density at radius 1 is 1.33 bits per heavy atom. The highest BCUT2D eigenvalue weighted by Gasteiger charge is 2.39. The Labute approximate surface area is 123 Å². The fourth-order valence-corrected chi connectivity index (χ4v) is 2.48. The van der Waals surface area contributed by atoms with Crippen molar-refractivity contribution in [2.75, 3.05) is 6.61 Å². The third-order valence-electron chi connectivity index (χ3n) is 3.86. The van der Waals surface area contributed by atoms with Gasteiger partial charge in [-0.05, 0) is 29.5 Å². The lowest BCUT2D eigenvalue weighted by Gasteiger charge is -2.24. The standard InChI is InChI=1S/C16H20FNO3/c1-10(2)14-9-21-16(20)18(14)15(19)8-11(3)12-4-6-13(17)7-5-12/h4-7,10-11,14H,8-9H2,1-3H3/t11-,14-/m1/s1. The summed E-state index contributed by atoms with van der Waals surface area (Å²) in [6.07, 6.45) is -0.366. The first-order chi connectivity index (χ1) is 9.90. The van der Waals surface area contributed by atoms with Gasteiger partial charge in [0, 0.05) is 6.42 Å². The first kappa shape index (κ1) is 15.5. The second-order valence-corrected chi connectivity index (χ2v) is 5.81. The van der Waals surface area contributed by atoms with Gasteiger partial charge in [0.1, 0.15) is 12.4 Å². The summed E-state index contributed by atoms with van der Waals surface area (Å²) in [5.41, 5.74) is 0.874. The van der Waals surface area contributed by atoms with Crippen molar-refractivity contribution < 1.29 is 18.7 Å². The molecular formula is C16H20FNO3. The van der Waals surface area contributed by atoms with Gasteiger partial charge in [-0.15, -0.1) is 0 Å². The molecule has 0 spiro atoms. The lowest BCUT2D eigenvalue weighted by molar-refractivity contribution is -0.130. The van der Waals surface area contributed by atoms with Crippen LogP contribution in [0.2, 0.25) is 0 Å². The van der Waals surface area contributed by atoms with E-state index in [-0.39, 0.29) is 42.6 Å². The summed E-state index contributed by atoms with van der Waals surface area (Å²) in [5.74, 6) is -0.478. The summed E-state index contributed by atoms with van der Waals surface area (Å²) in [6, 6.07) is 5.87. The first-order valence-corrected chi connectivity index (χ1v) is 7.14. The number of imide groups is 1. The van der Waals surface area contributed by atoms with Crippen LogP contribution in [0.4, 0.5) is 9.18 Å². The van der Waals surface area contributed by atoms with Crippen molar-refractivity contribution in [3.8, 4) is 0 Å². The Hall–Kier alpha value is -1.91. The molecule has 1 aliphatic heterocycles. The van der Waals surface area contributed by atoms with Crippen LogP contribution in [0.15, 0.2) is 24.3 Å². The number of benzene rings is 1. The molecule has 21 heavy (non-hydrogen) atoms. The molecule has 114 valence electrons. The molecule has 0 aromatic heterocycles. The average molecular weight is 293 g/mol. The minimum atomic E-state index is -0.565. The molecule has 2 atom stereocenters. The predicted molar refractivity (Wildman–Crippen MR) is 76.3 cm³/mol. The molecule has 4 nitrogen and oxygen atoms in total. The molecule has 1 saturated heterocycles. The van der Waals surface area contributed by atoms with Crippen molar-refractivity contribution in [1.82, 2.24) is 4.90 Å².